The Balaban J connectivity index is 2.32. The second-order valence-corrected chi connectivity index (χ2v) is 6.45. The molecule has 1 aromatic heterocycles. The minimum atomic E-state index is -0.867. The minimum absolute atomic E-state index is 0.0436. The van der Waals surface area contributed by atoms with Gasteiger partial charge < -0.3 is 10.2 Å². The van der Waals surface area contributed by atoms with Crippen LogP contribution in [0.2, 0.25) is 0 Å². The summed E-state index contributed by atoms with van der Waals surface area (Å²) in [5.74, 6) is -0.100. The van der Waals surface area contributed by atoms with Gasteiger partial charge in [-0.05, 0) is 38.8 Å². The van der Waals surface area contributed by atoms with Gasteiger partial charge in [0, 0.05) is 5.69 Å². The number of aryl methyl sites for hydroxylation is 1. The third-order valence-corrected chi connectivity index (χ3v) is 3.98. The summed E-state index contributed by atoms with van der Waals surface area (Å²) in [6, 6.07) is 5.25. The van der Waals surface area contributed by atoms with Crippen molar-refractivity contribution < 1.29 is 9.59 Å². The number of nitrogens with one attached hydrogen (secondary N) is 1. The van der Waals surface area contributed by atoms with E-state index < -0.39 is 11.6 Å². The molecule has 0 spiro atoms. The van der Waals surface area contributed by atoms with Crippen LogP contribution in [-0.2, 0) is 16.1 Å². The molecule has 2 amide bonds. The lowest BCUT2D eigenvalue weighted by Gasteiger charge is -2.45. The normalized spacial score (nSPS) is 21.6. The van der Waals surface area contributed by atoms with E-state index >= 15 is 0 Å². The molecule has 5 heteroatoms. The molecule has 1 aliphatic rings. The summed E-state index contributed by atoms with van der Waals surface area (Å²) < 4.78 is 0. The predicted octanol–water partition coefficient (Wildman–Crippen LogP) is 1.65. The molecule has 21 heavy (non-hydrogen) atoms. The van der Waals surface area contributed by atoms with Crippen molar-refractivity contribution in [2.24, 2.45) is 5.92 Å². The van der Waals surface area contributed by atoms with Gasteiger partial charge in [-0.1, -0.05) is 19.9 Å². The highest BCUT2D eigenvalue weighted by molar-refractivity contribution is 5.99. The number of hydrogen-bond acceptors (Lipinski definition) is 3. The molecular weight excluding hydrogens is 266 g/mol. The molecule has 1 atom stereocenters. The number of pyridine rings is 1. The van der Waals surface area contributed by atoms with Crippen molar-refractivity contribution in [1.29, 1.82) is 0 Å². The SMILES string of the molecule is Cc1cccc(CN2C(=O)C(C(C)C)NC(=O)C2(C)C)n1. The van der Waals surface area contributed by atoms with Crippen molar-refractivity contribution in [2.45, 2.75) is 52.7 Å². The standard InChI is InChI=1S/C16H23N3O2/c1-10(2)13-14(20)19(16(4,5)15(21)18-13)9-12-8-6-7-11(3)17-12/h6-8,10,13H,9H2,1-5H3,(H,18,21). The molecule has 1 N–H and O–H groups in total. The Labute approximate surface area is 125 Å². The van der Waals surface area contributed by atoms with Gasteiger partial charge in [-0.3, -0.25) is 14.6 Å². The van der Waals surface area contributed by atoms with Gasteiger partial charge in [0.1, 0.15) is 11.6 Å². The molecule has 2 rings (SSSR count). The highest BCUT2D eigenvalue weighted by Gasteiger charge is 2.47. The van der Waals surface area contributed by atoms with Gasteiger partial charge >= 0.3 is 0 Å². The van der Waals surface area contributed by atoms with Crippen LogP contribution in [0.5, 0.6) is 0 Å². The molecule has 1 fully saturated rings. The monoisotopic (exact) mass is 289 g/mol. The van der Waals surface area contributed by atoms with E-state index in [1.165, 1.54) is 0 Å². The first kappa shape index (κ1) is 15.5. The molecule has 0 aromatic carbocycles. The molecular formula is C16H23N3O2. The van der Waals surface area contributed by atoms with Crippen molar-refractivity contribution in [3.05, 3.63) is 29.6 Å². The summed E-state index contributed by atoms with van der Waals surface area (Å²) in [5.41, 5.74) is 0.835. The van der Waals surface area contributed by atoms with Crippen molar-refractivity contribution in [2.75, 3.05) is 0 Å². The zero-order chi connectivity index (χ0) is 15.8. The molecule has 0 radical (unpaired) electrons. The quantitative estimate of drug-likeness (QED) is 0.920. The molecule has 2 heterocycles. The summed E-state index contributed by atoms with van der Waals surface area (Å²) in [5, 5.41) is 2.83. The van der Waals surface area contributed by atoms with Gasteiger partial charge in [0.05, 0.1) is 12.2 Å². The molecule has 0 bridgehead atoms. The Hall–Kier alpha value is -1.91. The van der Waals surface area contributed by atoms with Crippen LogP contribution in [0, 0.1) is 12.8 Å². The van der Waals surface area contributed by atoms with Crippen LogP contribution in [0.3, 0.4) is 0 Å². The van der Waals surface area contributed by atoms with E-state index in [0.29, 0.717) is 6.54 Å². The van der Waals surface area contributed by atoms with Crippen molar-refractivity contribution in [3.63, 3.8) is 0 Å². The Morgan fingerprint density at radius 2 is 2.00 bits per heavy atom. The first-order chi connectivity index (χ1) is 9.73. The van der Waals surface area contributed by atoms with Crippen LogP contribution in [-0.4, -0.2) is 33.3 Å². The minimum Gasteiger partial charge on any atom is -0.342 e. The van der Waals surface area contributed by atoms with Crippen LogP contribution in [0.4, 0.5) is 0 Å². The first-order valence-electron chi connectivity index (χ1n) is 7.28. The zero-order valence-electron chi connectivity index (χ0n) is 13.3. The van der Waals surface area contributed by atoms with Crippen LogP contribution in [0.25, 0.3) is 0 Å². The Bertz CT molecular complexity index is 566. The van der Waals surface area contributed by atoms with Crippen molar-refractivity contribution in [3.8, 4) is 0 Å². The number of carbonyl (C=O) groups excluding carboxylic acids is 2. The maximum Gasteiger partial charge on any atom is 0.246 e. The fraction of sp³-hybridized carbons (Fsp3) is 0.562. The number of rotatable bonds is 3. The predicted molar refractivity (Wildman–Crippen MR) is 80.4 cm³/mol. The summed E-state index contributed by atoms with van der Waals surface area (Å²) in [6.07, 6.45) is 0. The lowest BCUT2D eigenvalue weighted by molar-refractivity contribution is -0.157. The topological polar surface area (TPSA) is 62.3 Å². The maximum absolute atomic E-state index is 12.7. The second-order valence-electron chi connectivity index (χ2n) is 6.45. The fourth-order valence-corrected chi connectivity index (χ4v) is 2.52. The number of aromatic nitrogens is 1. The summed E-state index contributed by atoms with van der Waals surface area (Å²) in [7, 11) is 0. The van der Waals surface area contributed by atoms with E-state index in [0.717, 1.165) is 11.4 Å². The van der Waals surface area contributed by atoms with Gasteiger partial charge in [-0.2, -0.15) is 0 Å². The second kappa shape index (κ2) is 5.47. The van der Waals surface area contributed by atoms with Crippen LogP contribution < -0.4 is 5.32 Å². The smallest absolute Gasteiger partial charge is 0.246 e. The van der Waals surface area contributed by atoms with Gasteiger partial charge in [0.25, 0.3) is 0 Å². The average molecular weight is 289 g/mol. The number of carbonyl (C=O) groups is 2. The molecule has 0 aliphatic carbocycles. The molecule has 1 aliphatic heterocycles. The third-order valence-electron chi connectivity index (χ3n) is 3.98. The van der Waals surface area contributed by atoms with E-state index in [2.05, 4.69) is 10.3 Å². The third kappa shape index (κ3) is 2.91. The van der Waals surface area contributed by atoms with Gasteiger partial charge in [0.15, 0.2) is 0 Å². The summed E-state index contributed by atoms with van der Waals surface area (Å²) in [4.78, 5) is 31.1. The first-order valence-corrected chi connectivity index (χ1v) is 7.28. The number of hydrogen-bond donors (Lipinski definition) is 1. The van der Waals surface area contributed by atoms with E-state index in [1.54, 1.807) is 18.7 Å². The zero-order valence-corrected chi connectivity index (χ0v) is 13.3. The maximum atomic E-state index is 12.7. The van der Waals surface area contributed by atoms with E-state index in [-0.39, 0.29) is 17.7 Å². The Morgan fingerprint density at radius 1 is 1.33 bits per heavy atom. The Kier molecular flexibility index (Phi) is 4.03. The average Bonchev–Trinajstić information content (AvgIpc) is 2.39. The van der Waals surface area contributed by atoms with Crippen LogP contribution >= 0.6 is 0 Å². The van der Waals surface area contributed by atoms with Crippen molar-refractivity contribution >= 4 is 11.8 Å². The lowest BCUT2D eigenvalue weighted by Crippen LogP contribution is -2.69. The molecule has 0 saturated carbocycles. The van der Waals surface area contributed by atoms with Gasteiger partial charge in [-0.25, -0.2) is 0 Å². The highest BCUT2D eigenvalue weighted by Crippen LogP contribution is 2.25. The van der Waals surface area contributed by atoms with Gasteiger partial charge in [0.2, 0.25) is 11.8 Å². The van der Waals surface area contributed by atoms with Crippen LogP contribution in [0.15, 0.2) is 18.2 Å². The van der Waals surface area contributed by atoms with Crippen LogP contribution in [0.1, 0.15) is 39.1 Å². The Morgan fingerprint density at radius 3 is 2.57 bits per heavy atom. The molecule has 114 valence electrons. The molecule has 5 nitrogen and oxygen atoms in total. The summed E-state index contributed by atoms with van der Waals surface area (Å²) >= 11 is 0. The molecule has 1 saturated heterocycles. The van der Waals surface area contributed by atoms with Gasteiger partial charge in [-0.15, -0.1) is 0 Å². The highest BCUT2D eigenvalue weighted by atomic mass is 16.2. The molecule has 1 unspecified atom stereocenters. The fourth-order valence-electron chi connectivity index (χ4n) is 2.52. The summed E-state index contributed by atoms with van der Waals surface area (Å²) in [6.45, 7) is 9.67. The number of nitrogens with zero attached hydrogens (tertiary/aromatic N) is 2. The van der Waals surface area contributed by atoms with E-state index in [1.807, 2.05) is 39.0 Å². The number of piperazine rings is 1. The largest absolute Gasteiger partial charge is 0.342 e. The number of amides is 2. The van der Waals surface area contributed by atoms with E-state index in [9.17, 15) is 9.59 Å². The lowest BCUT2D eigenvalue weighted by atomic mass is 9.91. The van der Waals surface area contributed by atoms with E-state index in [4.69, 9.17) is 0 Å². The molecule has 1 aromatic rings. The van der Waals surface area contributed by atoms with Crippen molar-refractivity contribution in [1.82, 2.24) is 15.2 Å².